The Morgan fingerprint density at radius 1 is 1.00 bits per heavy atom. The zero-order valence-electron chi connectivity index (χ0n) is 21.7. The maximum Gasteiger partial charge on any atom is 1.00 e. The quantitative estimate of drug-likeness (QED) is 0.581. The molecule has 0 bridgehead atoms. The van der Waals surface area contributed by atoms with Crippen LogP contribution in [-0.4, -0.2) is 61.0 Å². The molecule has 1 heterocycles. The van der Waals surface area contributed by atoms with Crippen LogP contribution in [-0.2, 0) is 4.79 Å². The number of hydrogen-bond acceptors (Lipinski definition) is 4. The minimum atomic E-state index is 0. The van der Waals surface area contributed by atoms with Crippen LogP contribution in [0.15, 0.2) is 0 Å². The van der Waals surface area contributed by atoms with Crippen molar-refractivity contribution in [1.82, 2.24) is 9.80 Å². The molecule has 0 unspecified atom stereocenters. The van der Waals surface area contributed by atoms with Gasteiger partial charge >= 0.3 is 51.4 Å². The molecular formula is C23H53KN2O2. The van der Waals surface area contributed by atoms with Crippen molar-refractivity contribution in [3.8, 4) is 0 Å². The number of nitrogens with zero attached hydrogens (tertiary/aromatic N) is 2. The van der Waals surface area contributed by atoms with Gasteiger partial charge in [-0.05, 0) is 72.8 Å². The maximum absolute atomic E-state index is 11.1. The zero-order valence-corrected chi connectivity index (χ0v) is 24.9. The van der Waals surface area contributed by atoms with E-state index in [4.69, 9.17) is 0 Å². The average molecular weight is 429 g/mol. The van der Waals surface area contributed by atoms with Gasteiger partial charge in [-0.15, -0.1) is 6.61 Å². The standard InChI is InChI=1S/C10H19NO.C7H16NO.3C2H6.K/c1-8(2)11-6-4-10(5-7-11)9(3)12;1-3-5-8(4-2)6-7-9;3*1-2;/h8,10H,4-7H2,1-3H3;3-7H2,1-2H3;3*1-2H3;/q;-1;;;;+1. The smallest absolute Gasteiger partial charge is 0.854 e. The average Bonchev–Trinajstić information content (AvgIpc) is 2.72. The van der Waals surface area contributed by atoms with Crippen molar-refractivity contribution in [2.75, 3.05) is 39.3 Å². The van der Waals surface area contributed by atoms with Crippen molar-refractivity contribution < 1.29 is 61.3 Å². The minimum Gasteiger partial charge on any atom is -0.854 e. The Bertz CT molecular complexity index is 263. The second-order valence-electron chi connectivity index (χ2n) is 6.15. The molecule has 0 atom stereocenters. The molecule has 4 nitrogen and oxygen atoms in total. The van der Waals surface area contributed by atoms with Gasteiger partial charge in [0.15, 0.2) is 0 Å². The third-order valence-corrected chi connectivity index (χ3v) is 4.23. The zero-order chi connectivity index (χ0) is 22.3. The van der Waals surface area contributed by atoms with Gasteiger partial charge in [0.2, 0.25) is 0 Å². The third-order valence-electron chi connectivity index (χ3n) is 4.23. The molecule has 1 fully saturated rings. The van der Waals surface area contributed by atoms with E-state index in [1.54, 1.807) is 6.92 Å². The van der Waals surface area contributed by atoms with E-state index in [2.05, 4.69) is 37.5 Å². The third kappa shape index (κ3) is 25.2. The van der Waals surface area contributed by atoms with E-state index >= 15 is 0 Å². The fourth-order valence-corrected chi connectivity index (χ4v) is 2.70. The molecule has 0 aliphatic carbocycles. The summed E-state index contributed by atoms with van der Waals surface area (Å²) in [5, 5.41) is 10.1. The SMILES string of the molecule is CC.CC.CC.CC(=O)C1CCN(C(C)C)CC1.CCCN(CC)CC[O-].[K+]. The number of rotatable bonds is 7. The van der Waals surface area contributed by atoms with Crippen molar-refractivity contribution in [3.05, 3.63) is 0 Å². The molecule has 168 valence electrons. The van der Waals surface area contributed by atoms with E-state index < -0.39 is 0 Å². The fraction of sp³-hybridized carbons (Fsp3) is 0.957. The van der Waals surface area contributed by atoms with E-state index in [0.717, 1.165) is 45.4 Å². The normalized spacial score (nSPS) is 13.4. The Labute approximate surface area is 221 Å². The summed E-state index contributed by atoms with van der Waals surface area (Å²) >= 11 is 0. The monoisotopic (exact) mass is 428 g/mol. The Balaban J connectivity index is -0.0000000986. The molecule has 0 saturated carbocycles. The summed E-state index contributed by atoms with van der Waals surface area (Å²) < 4.78 is 0. The van der Waals surface area contributed by atoms with E-state index in [1.807, 2.05) is 41.5 Å². The van der Waals surface area contributed by atoms with Crippen LogP contribution in [0.25, 0.3) is 0 Å². The summed E-state index contributed by atoms with van der Waals surface area (Å²) in [6.45, 7) is 27.4. The van der Waals surface area contributed by atoms with Gasteiger partial charge in [0.05, 0.1) is 0 Å². The van der Waals surface area contributed by atoms with Crippen molar-refractivity contribution >= 4 is 5.78 Å². The Morgan fingerprint density at radius 2 is 1.43 bits per heavy atom. The van der Waals surface area contributed by atoms with E-state index in [1.165, 1.54) is 0 Å². The van der Waals surface area contributed by atoms with Gasteiger partial charge in [-0.2, -0.15) is 0 Å². The first-order valence-electron chi connectivity index (χ1n) is 11.5. The fourth-order valence-electron chi connectivity index (χ4n) is 2.70. The number of likely N-dealkylation sites (N-methyl/N-ethyl adjacent to an activating group) is 1. The molecule has 28 heavy (non-hydrogen) atoms. The molecule has 1 aliphatic heterocycles. The summed E-state index contributed by atoms with van der Waals surface area (Å²) in [5.74, 6) is 0.721. The number of carbonyl (C=O) groups excluding carboxylic acids is 1. The van der Waals surface area contributed by atoms with Crippen LogP contribution in [0.3, 0.4) is 0 Å². The van der Waals surface area contributed by atoms with Gasteiger partial charge in [-0.3, -0.25) is 4.79 Å². The van der Waals surface area contributed by atoms with Crippen molar-refractivity contribution in [2.24, 2.45) is 5.92 Å². The molecule has 0 amide bonds. The van der Waals surface area contributed by atoms with E-state index in [0.29, 0.717) is 24.3 Å². The molecular weight excluding hydrogens is 375 g/mol. The number of piperidine rings is 1. The first kappa shape index (κ1) is 39.6. The molecule has 5 heteroatoms. The van der Waals surface area contributed by atoms with Crippen LogP contribution >= 0.6 is 0 Å². The van der Waals surface area contributed by atoms with Crippen molar-refractivity contribution in [3.63, 3.8) is 0 Å². The molecule has 1 aliphatic rings. The molecule has 0 aromatic rings. The number of ketones is 1. The Kier molecular flexibility index (Phi) is 46.5. The van der Waals surface area contributed by atoms with Gasteiger partial charge in [0.25, 0.3) is 0 Å². The first-order valence-corrected chi connectivity index (χ1v) is 11.5. The summed E-state index contributed by atoms with van der Waals surface area (Å²) in [6, 6.07) is 0.637. The predicted octanol–water partition coefficient (Wildman–Crippen LogP) is 1.86. The van der Waals surface area contributed by atoms with Crippen LogP contribution in [0.4, 0.5) is 0 Å². The molecule has 1 saturated heterocycles. The van der Waals surface area contributed by atoms with Gasteiger partial charge < -0.3 is 14.9 Å². The van der Waals surface area contributed by atoms with Gasteiger partial charge in [-0.1, -0.05) is 55.4 Å². The molecule has 0 N–H and O–H groups in total. The molecule has 0 aromatic carbocycles. The summed E-state index contributed by atoms with van der Waals surface area (Å²) in [4.78, 5) is 15.7. The summed E-state index contributed by atoms with van der Waals surface area (Å²) in [5.41, 5.74) is 0. The van der Waals surface area contributed by atoms with Crippen LogP contribution in [0, 0.1) is 5.92 Å². The maximum atomic E-state index is 11.1. The van der Waals surface area contributed by atoms with Crippen LogP contribution in [0.5, 0.6) is 0 Å². The second kappa shape index (κ2) is 32.8. The van der Waals surface area contributed by atoms with Gasteiger partial charge in [0, 0.05) is 12.0 Å². The predicted molar refractivity (Wildman–Crippen MR) is 121 cm³/mol. The largest absolute Gasteiger partial charge is 1.00 e. The minimum absolute atomic E-state index is 0. The Morgan fingerprint density at radius 3 is 1.68 bits per heavy atom. The second-order valence-corrected chi connectivity index (χ2v) is 6.15. The van der Waals surface area contributed by atoms with Gasteiger partial charge in [0.1, 0.15) is 5.78 Å². The van der Waals surface area contributed by atoms with Crippen LogP contribution in [0.1, 0.15) is 95.4 Å². The first-order chi connectivity index (χ1) is 13.0. The Hall–Kier alpha value is 1.19. The summed E-state index contributed by atoms with van der Waals surface area (Å²) in [7, 11) is 0. The van der Waals surface area contributed by atoms with Crippen LogP contribution in [0.2, 0.25) is 0 Å². The molecule has 0 radical (unpaired) electrons. The van der Waals surface area contributed by atoms with Crippen molar-refractivity contribution in [2.45, 2.75) is 101 Å². The number of hydrogen-bond donors (Lipinski definition) is 0. The topological polar surface area (TPSA) is 46.6 Å². The summed E-state index contributed by atoms with van der Waals surface area (Å²) in [6.07, 6.45) is 3.27. The molecule has 1 rings (SSSR count). The van der Waals surface area contributed by atoms with E-state index in [-0.39, 0.29) is 58.0 Å². The number of likely N-dealkylation sites (tertiary alicyclic amines) is 1. The molecule has 0 aromatic heterocycles. The number of Topliss-reactive ketones (excluding diaryl/α,β-unsaturated/α-hetero) is 1. The van der Waals surface area contributed by atoms with Crippen LogP contribution < -0.4 is 56.5 Å². The van der Waals surface area contributed by atoms with E-state index in [9.17, 15) is 9.90 Å². The number of carbonyl (C=O) groups is 1. The van der Waals surface area contributed by atoms with Gasteiger partial charge in [-0.25, -0.2) is 0 Å². The van der Waals surface area contributed by atoms with Crippen molar-refractivity contribution in [1.29, 1.82) is 0 Å². The molecule has 0 spiro atoms.